The van der Waals surface area contributed by atoms with Crippen molar-refractivity contribution in [3.63, 3.8) is 0 Å². The second-order valence-electron chi connectivity index (χ2n) is 6.15. The van der Waals surface area contributed by atoms with Gasteiger partial charge in [0.2, 0.25) is 0 Å². The van der Waals surface area contributed by atoms with Gasteiger partial charge in [-0.15, -0.1) is 0 Å². The topological polar surface area (TPSA) is 18.5 Å². The van der Waals surface area contributed by atoms with Gasteiger partial charge < -0.3 is 15.1 Å². The summed E-state index contributed by atoms with van der Waals surface area (Å²) in [4.78, 5) is 5.47. The summed E-state index contributed by atoms with van der Waals surface area (Å²) in [5, 5.41) is 3.38. The molecule has 98 valence electrons. The van der Waals surface area contributed by atoms with Crippen molar-refractivity contribution < 1.29 is 0 Å². The molecule has 0 bridgehead atoms. The lowest BCUT2D eigenvalue weighted by Crippen LogP contribution is -2.52. The van der Waals surface area contributed by atoms with Crippen LogP contribution in [0.2, 0.25) is 0 Å². The Bertz CT molecular complexity index is 226. The van der Waals surface area contributed by atoms with E-state index in [9.17, 15) is 0 Å². The molecular weight excluding hydrogens is 210 g/mol. The van der Waals surface area contributed by atoms with E-state index >= 15 is 0 Å². The van der Waals surface area contributed by atoms with Crippen molar-refractivity contribution in [1.29, 1.82) is 0 Å². The summed E-state index contributed by atoms with van der Waals surface area (Å²) in [6.45, 7) is 9.29. The number of rotatable bonds is 3. The summed E-state index contributed by atoms with van der Waals surface area (Å²) in [6.07, 6.45) is 7.17. The second kappa shape index (κ2) is 5.68. The Balaban J connectivity index is 1.40. The Morgan fingerprint density at radius 3 is 2.18 bits per heavy atom. The van der Waals surface area contributed by atoms with Crippen LogP contribution >= 0.6 is 0 Å². The molecule has 0 amide bonds. The van der Waals surface area contributed by atoms with E-state index in [1.54, 1.807) is 0 Å². The van der Waals surface area contributed by atoms with Gasteiger partial charge in [-0.25, -0.2) is 0 Å². The molecule has 0 spiro atoms. The fourth-order valence-electron chi connectivity index (χ4n) is 3.59. The Morgan fingerprint density at radius 2 is 1.59 bits per heavy atom. The fraction of sp³-hybridized carbons (Fsp3) is 1.00. The normalized spacial score (nSPS) is 30.4. The Hall–Kier alpha value is -0.120. The highest BCUT2D eigenvalue weighted by atomic mass is 15.2. The maximum Gasteiger partial charge on any atom is 0.0120 e. The largest absolute Gasteiger partial charge is 0.316 e. The van der Waals surface area contributed by atoms with Gasteiger partial charge in [0.1, 0.15) is 0 Å². The number of likely N-dealkylation sites (tertiary alicyclic amines) is 2. The van der Waals surface area contributed by atoms with E-state index in [0.29, 0.717) is 0 Å². The van der Waals surface area contributed by atoms with Gasteiger partial charge in [0.05, 0.1) is 0 Å². The molecule has 3 heterocycles. The number of piperidine rings is 2. The summed E-state index contributed by atoms with van der Waals surface area (Å²) in [6, 6.07) is 0.908. The van der Waals surface area contributed by atoms with E-state index in [0.717, 1.165) is 12.0 Å². The Kier molecular flexibility index (Phi) is 3.99. The third-order valence-corrected chi connectivity index (χ3v) is 4.85. The molecule has 0 aromatic carbocycles. The first-order chi connectivity index (χ1) is 8.42. The van der Waals surface area contributed by atoms with E-state index in [4.69, 9.17) is 0 Å². The highest BCUT2D eigenvalue weighted by Gasteiger charge is 2.27. The summed E-state index contributed by atoms with van der Waals surface area (Å²) in [5.41, 5.74) is 0. The first-order valence-corrected chi connectivity index (χ1v) is 7.59. The molecule has 3 saturated heterocycles. The Labute approximate surface area is 106 Å². The molecule has 3 aliphatic rings. The van der Waals surface area contributed by atoms with Crippen LogP contribution in [-0.2, 0) is 0 Å². The van der Waals surface area contributed by atoms with Crippen molar-refractivity contribution in [1.82, 2.24) is 15.1 Å². The van der Waals surface area contributed by atoms with Crippen LogP contribution in [0.15, 0.2) is 0 Å². The van der Waals surface area contributed by atoms with Crippen LogP contribution in [0.5, 0.6) is 0 Å². The van der Waals surface area contributed by atoms with Gasteiger partial charge in [0, 0.05) is 25.7 Å². The highest BCUT2D eigenvalue weighted by Crippen LogP contribution is 2.21. The summed E-state index contributed by atoms with van der Waals surface area (Å²) < 4.78 is 0. The molecule has 0 radical (unpaired) electrons. The number of nitrogens with zero attached hydrogens (tertiary/aromatic N) is 2. The molecule has 0 atom stereocenters. The molecule has 0 aliphatic carbocycles. The zero-order valence-corrected chi connectivity index (χ0v) is 11.0. The lowest BCUT2D eigenvalue weighted by molar-refractivity contribution is 0.0800. The maximum atomic E-state index is 3.38. The average molecular weight is 237 g/mol. The van der Waals surface area contributed by atoms with E-state index in [2.05, 4.69) is 15.1 Å². The standard InChI is InChI=1S/C14H27N3/c1-2-6-17(7-3-1)14-4-8-16(9-5-14)12-13-10-15-11-13/h13-15H,1-12H2. The molecule has 17 heavy (non-hydrogen) atoms. The summed E-state index contributed by atoms with van der Waals surface area (Å²) in [7, 11) is 0. The molecule has 0 aromatic heterocycles. The average Bonchev–Trinajstić information content (AvgIpc) is 2.36. The quantitative estimate of drug-likeness (QED) is 0.794. The number of hydrogen-bond acceptors (Lipinski definition) is 3. The second-order valence-corrected chi connectivity index (χ2v) is 6.15. The van der Waals surface area contributed by atoms with Crippen molar-refractivity contribution in [2.75, 3.05) is 45.8 Å². The Morgan fingerprint density at radius 1 is 0.882 bits per heavy atom. The first-order valence-electron chi connectivity index (χ1n) is 7.59. The van der Waals surface area contributed by atoms with E-state index in [1.165, 1.54) is 77.9 Å². The fourth-order valence-corrected chi connectivity index (χ4v) is 3.59. The minimum Gasteiger partial charge on any atom is -0.316 e. The monoisotopic (exact) mass is 237 g/mol. The van der Waals surface area contributed by atoms with Crippen molar-refractivity contribution >= 4 is 0 Å². The zero-order valence-electron chi connectivity index (χ0n) is 11.0. The molecule has 3 nitrogen and oxygen atoms in total. The molecule has 3 aliphatic heterocycles. The van der Waals surface area contributed by atoms with Crippen LogP contribution in [0.3, 0.4) is 0 Å². The highest BCUT2D eigenvalue weighted by molar-refractivity contribution is 4.84. The van der Waals surface area contributed by atoms with Crippen molar-refractivity contribution in [3.8, 4) is 0 Å². The maximum absolute atomic E-state index is 3.38. The predicted molar refractivity (Wildman–Crippen MR) is 71.2 cm³/mol. The third kappa shape index (κ3) is 3.01. The smallest absolute Gasteiger partial charge is 0.0120 e. The first kappa shape index (κ1) is 11.9. The van der Waals surface area contributed by atoms with Gasteiger partial charge in [-0.1, -0.05) is 6.42 Å². The van der Waals surface area contributed by atoms with E-state index in [-0.39, 0.29) is 0 Å². The van der Waals surface area contributed by atoms with Gasteiger partial charge in [-0.2, -0.15) is 0 Å². The number of hydrogen-bond donors (Lipinski definition) is 1. The molecule has 3 rings (SSSR count). The van der Waals surface area contributed by atoms with E-state index < -0.39 is 0 Å². The minimum absolute atomic E-state index is 0.908. The number of nitrogens with one attached hydrogen (secondary N) is 1. The van der Waals surface area contributed by atoms with E-state index in [1.807, 2.05) is 0 Å². The molecule has 3 heteroatoms. The third-order valence-electron chi connectivity index (χ3n) is 4.85. The molecule has 0 aromatic rings. The van der Waals surface area contributed by atoms with Gasteiger partial charge >= 0.3 is 0 Å². The van der Waals surface area contributed by atoms with Crippen molar-refractivity contribution in [2.45, 2.75) is 38.1 Å². The lowest BCUT2D eigenvalue weighted by Gasteiger charge is -2.42. The summed E-state index contributed by atoms with van der Waals surface area (Å²) in [5.74, 6) is 0.946. The molecule has 3 fully saturated rings. The predicted octanol–water partition coefficient (Wildman–Crippen LogP) is 1.16. The minimum atomic E-state index is 0.908. The van der Waals surface area contributed by atoms with Crippen LogP contribution in [-0.4, -0.2) is 61.7 Å². The molecular formula is C14H27N3. The van der Waals surface area contributed by atoms with Crippen LogP contribution < -0.4 is 5.32 Å². The van der Waals surface area contributed by atoms with Gasteiger partial charge in [-0.05, 0) is 57.8 Å². The van der Waals surface area contributed by atoms with Crippen LogP contribution in [0.1, 0.15) is 32.1 Å². The van der Waals surface area contributed by atoms with Crippen LogP contribution in [0.4, 0.5) is 0 Å². The van der Waals surface area contributed by atoms with Gasteiger partial charge in [0.25, 0.3) is 0 Å². The lowest BCUT2D eigenvalue weighted by atomic mass is 9.97. The summed E-state index contributed by atoms with van der Waals surface area (Å²) >= 11 is 0. The van der Waals surface area contributed by atoms with Crippen molar-refractivity contribution in [3.05, 3.63) is 0 Å². The molecule has 0 unspecified atom stereocenters. The van der Waals surface area contributed by atoms with Gasteiger partial charge in [-0.3, -0.25) is 0 Å². The molecule has 0 saturated carbocycles. The molecule has 1 N–H and O–H groups in total. The van der Waals surface area contributed by atoms with Crippen molar-refractivity contribution in [2.24, 2.45) is 5.92 Å². The zero-order chi connectivity index (χ0) is 11.5. The SMILES string of the molecule is C1CCN(C2CCN(CC3CNC3)CC2)CC1. The van der Waals surface area contributed by atoms with Gasteiger partial charge in [0.15, 0.2) is 0 Å². The van der Waals surface area contributed by atoms with Crippen LogP contribution in [0.25, 0.3) is 0 Å². The van der Waals surface area contributed by atoms with Crippen LogP contribution in [0, 0.1) is 5.92 Å².